The molecule has 0 saturated heterocycles. The van der Waals surface area contributed by atoms with Crippen molar-refractivity contribution in [2.75, 3.05) is 5.32 Å². The Labute approximate surface area is 114 Å². The summed E-state index contributed by atoms with van der Waals surface area (Å²) >= 11 is 1.56. The second-order valence-corrected chi connectivity index (χ2v) is 4.96. The van der Waals surface area contributed by atoms with Crippen molar-refractivity contribution in [1.29, 1.82) is 0 Å². The zero-order valence-electron chi connectivity index (χ0n) is 9.83. The lowest BCUT2D eigenvalue weighted by molar-refractivity contribution is -0.113. The van der Waals surface area contributed by atoms with E-state index in [0.29, 0.717) is 0 Å². The van der Waals surface area contributed by atoms with Crippen LogP contribution >= 0.6 is 11.8 Å². The second kappa shape index (κ2) is 4.74. The summed E-state index contributed by atoms with van der Waals surface area (Å²) in [6.45, 7) is 0. The first kappa shape index (κ1) is 11.7. The second-order valence-electron chi connectivity index (χ2n) is 3.93. The Kier molecular flexibility index (Phi) is 2.92. The quantitative estimate of drug-likeness (QED) is 0.698. The van der Waals surface area contributed by atoms with E-state index in [1.165, 1.54) is 6.08 Å². The van der Waals surface area contributed by atoms with Crippen molar-refractivity contribution in [1.82, 2.24) is 9.97 Å². The number of amides is 1. The van der Waals surface area contributed by atoms with E-state index in [4.69, 9.17) is 5.73 Å². The van der Waals surface area contributed by atoms with Gasteiger partial charge >= 0.3 is 0 Å². The molecule has 0 unspecified atom stereocenters. The number of anilines is 2. The Bertz CT molecular complexity index is 684. The Morgan fingerprint density at radius 3 is 3.00 bits per heavy atom. The molecule has 1 aliphatic rings. The number of carbonyl (C=O) groups excluding carboxylic acids is 1. The van der Waals surface area contributed by atoms with Gasteiger partial charge in [-0.2, -0.15) is 0 Å². The highest BCUT2D eigenvalue weighted by atomic mass is 32.2. The molecule has 5 nitrogen and oxygen atoms in total. The van der Waals surface area contributed by atoms with Crippen LogP contribution in [-0.4, -0.2) is 15.9 Å². The third-order valence-corrected chi connectivity index (χ3v) is 3.64. The van der Waals surface area contributed by atoms with Crippen LogP contribution in [0.1, 0.15) is 5.56 Å². The smallest absolute Gasteiger partial charge is 0.241 e. The summed E-state index contributed by atoms with van der Waals surface area (Å²) in [5.41, 5.74) is 6.93. The Hall–Kier alpha value is -2.34. The summed E-state index contributed by atoms with van der Waals surface area (Å²) < 4.78 is 0. The SMILES string of the molecule is NC(=O)/C=C/c1ccc2c(c1)Nc1nccnc1S2. The first-order valence-electron chi connectivity index (χ1n) is 5.60. The molecular weight excluding hydrogens is 260 g/mol. The van der Waals surface area contributed by atoms with Crippen LogP contribution in [0.25, 0.3) is 6.08 Å². The molecular formula is C13H10N4OS. The molecule has 94 valence electrons. The maximum absolute atomic E-state index is 10.7. The average molecular weight is 270 g/mol. The predicted octanol–water partition coefficient (Wildman–Crippen LogP) is 2.18. The summed E-state index contributed by atoms with van der Waals surface area (Å²) in [5, 5.41) is 4.08. The summed E-state index contributed by atoms with van der Waals surface area (Å²) in [6, 6.07) is 5.85. The number of nitrogens with zero attached hydrogens (tertiary/aromatic N) is 2. The largest absolute Gasteiger partial charge is 0.366 e. The molecule has 19 heavy (non-hydrogen) atoms. The summed E-state index contributed by atoms with van der Waals surface area (Å²) in [4.78, 5) is 20.3. The van der Waals surface area contributed by atoms with Gasteiger partial charge in [0.2, 0.25) is 5.91 Å². The highest BCUT2D eigenvalue weighted by Gasteiger charge is 2.17. The van der Waals surface area contributed by atoms with Gasteiger partial charge < -0.3 is 11.1 Å². The van der Waals surface area contributed by atoms with Crippen LogP contribution in [-0.2, 0) is 4.79 Å². The van der Waals surface area contributed by atoms with Gasteiger partial charge in [0.25, 0.3) is 0 Å². The average Bonchev–Trinajstić information content (AvgIpc) is 2.42. The Balaban J connectivity index is 1.94. The lowest BCUT2D eigenvalue weighted by atomic mass is 10.2. The lowest BCUT2D eigenvalue weighted by Crippen LogP contribution is -2.05. The van der Waals surface area contributed by atoms with Crippen LogP contribution < -0.4 is 11.1 Å². The number of carbonyl (C=O) groups is 1. The van der Waals surface area contributed by atoms with E-state index in [2.05, 4.69) is 15.3 Å². The minimum Gasteiger partial charge on any atom is -0.366 e. The molecule has 1 amide bonds. The summed E-state index contributed by atoms with van der Waals surface area (Å²) in [7, 11) is 0. The molecule has 6 heteroatoms. The van der Waals surface area contributed by atoms with Crippen molar-refractivity contribution in [3.05, 3.63) is 42.2 Å². The van der Waals surface area contributed by atoms with E-state index in [9.17, 15) is 4.79 Å². The van der Waals surface area contributed by atoms with Gasteiger partial charge in [-0.25, -0.2) is 9.97 Å². The maximum Gasteiger partial charge on any atom is 0.241 e. The van der Waals surface area contributed by atoms with Crippen LogP contribution in [0.5, 0.6) is 0 Å². The molecule has 1 aliphatic heterocycles. The van der Waals surface area contributed by atoms with E-state index in [1.54, 1.807) is 30.2 Å². The van der Waals surface area contributed by atoms with Gasteiger partial charge in [0.05, 0.1) is 5.69 Å². The van der Waals surface area contributed by atoms with E-state index in [1.807, 2.05) is 18.2 Å². The molecule has 3 rings (SSSR count). The van der Waals surface area contributed by atoms with Crippen molar-refractivity contribution in [3.8, 4) is 0 Å². The van der Waals surface area contributed by atoms with Crippen molar-refractivity contribution in [3.63, 3.8) is 0 Å². The fourth-order valence-corrected chi connectivity index (χ4v) is 2.61. The number of fused-ring (bicyclic) bond motifs is 2. The Morgan fingerprint density at radius 1 is 1.32 bits per heavy atom. The van der Waals surface area contributed by atoms with Crippen molar-refractivity contribution in [2.45, 2.75) is 9.92 Å². The van der Waals surface area contributed by atoms with Gasteiger partial charge in [-0.05, 0) is 23.8 Å². The number of nitrogens with two attached hydrogens (primary N) is 1. The zero-order valence-corrected chi connectivity index (χ0v) is 10.6. The van der Waals surface area contributed by atoms with E-state index >= 15 is 0 Å². The highest BCUT2D eigenvalue weighted by Crippen LogP contribution is 2.42. The lowest BCUT2D eigenvalue weighted by Gasteiger charge is -2.18. The van der Waals surface area contributed by atoms with Crippen molar-refractivity contribution < 1.29 is 4.79 Å². The van der Waals surface area contributed by atoms with Crippen LogP contribution in [0.15, 0.2) is 46.6 Å². The molecule has 1 aromatic heterocycles. The summed E-state index contributed by atoms with van der Waals surface area (Å²) in [5.74, 6) is 0.285. The van der Waals surface area contributed by atoms with Crippen molar-refractivity contribution >= 4 is 35.3 Å². The molecule has 0 radical (unpaired) electrons. The number of hydrogen-bond donors (Lipinski definition) is 2. The molecule has 2 heterocycles. The molecule has 0 bridgehead atoms. The molecule has 0 atom stereocenters. The molecule has 0 fully saturated rings. The first-order valence-corrected chi connectivity index (χ1v) is 6.41. The van der Waals surface area contributed by atoms with Gasteiger partial charge in [-0.15, -0.1) is 0 Å². The summed E-state index contributed by atoms with van der Waals surface area (Å²) in [6.07, 6.45) is 6.34. The maximum atomic E-state index is 10.7. The number of rotatable bonds is 2. The van der Waals surface area contributed by atoms with Crippen LogP contribution in [0.3, 0.4) is 0 Å². The van der Waals surface area contributed by atoms with Gasteiger partial charge in [-0.3, -0.25) is 4.79 Å². The fourth-order valence-electron chi connectivity index (χ4n) is 1.73. The number of nitrogens with one attached hydrogen (secondary N) is 1. The monoisotopic (exact) mass is 270 g/mol. The number of primary amides is 1. The van der Waals surface area contributed by atoms with Gasteiger partial charge in [-0.1, -0.05) is 17.8 Å². The zero-order chi connectivity index (χ0) is 13.2. The van der Waals surface area contributed by atoms with Gasteiger partial charge in [0.15, 0.2) is 5.82 Å². The Morgan fingerprint density at radius 2 is 2.16 bits per heavy atom. The topological polar surface area (TPSA) is 80.9 Å². The van der Waals surface area contributed by atoms with Crippen LogP contribution in [0.4, 0.5) is 11.5 Å². The fraction of sp³-hybridized carbons (Fsp3) is 0. The predicted molar refractivity (Wildman–Crippen MR) is 74.1 cm³/mol. The third kappa shape index (κ3) is 2.43. The van der Waals surface area contributed by atoms with Crippen LogP contribution in [0, 0.1) is 0 Å². The number of benzene rings is 1. The van der Waals surface area contributed by atoms with Crippen molar-refractivity contribution in [2.24, 2.45) is 5.73 Å². The molecule has 3 N–H and O–H groups in total. The number of aromatic nitrogens is 2. The molecule has 0 spiro atoms. The third-order valence-electron chi connectivity index (χ3n) is 2.57. The molecule has 0 saturated carbocycles. The molecule has 1 aromatic carbocycles. The number of hydrogen-bond acceptors (Lipinski definition) is 5. The molecule has 0 aliphatic carbocycles. The van der Waals surface area contributed by atoms with E-state index < -0.39 is 5.91 Å². The highest BCUT2D eigenvalue weighted by molar-refractivity contribution is 7.99. The van der Waals surface area contributed by atoms with Crippen LogP contribution in [0.2, 0.25) is 0 Å². The molecule has 2 aromatic rings. The normalized spacial score (nSPS) is 12.6. The first-order chi connectivity index (χ1) is 9.22. The standard InChI is InChI=1S/C13H10N4OS/c14-11(18)4-2-8-1-3-10-9(7-8)17-12-13(19-10)16-6-5-15-12/h1-7H,(H2,14,18)(H,15,17)/b4-2+. The van der Waals surface area contributed by atoms with E-state index in [-0.39, 0.29) is 0 Å². The minimum atomic E-state index is -0.462. The van der Waals surface area contributed by atoms with Gasteiger partial charge in [0.1, 0.15) is 5.03 Å². The van der Waals surface area contributed by atoms with E-state index in [0.717, 1.165) is 27.0 Å². The van der Waals surface area contributed by atoms with Gasteiger partial charge in [0, 0.05) is 23.4 Å². The minimum absolute atomic E-state index is 0.462.